The first-order valence-corrected chi connectivity index (χ1v) is 5.05. The van der Waals surface area contributed by atoms with Gasteiger partial charge in [-0.1, -0.05) is 12.1 Å². The second-order valence-electron chi connectivity index (χ2n) is 3.81. The van der Waals surface area contributed by atoms with E-state index in [4.69, 9.17) is 10.2 Å². The van der Waals surface area contributed by atoms with Gasteiger partial charge in [0.25, 0.3) is 0 Å². The van der Waals surface area contributed by atoms with Crippen molar-refractivity contribution in [1.82, 2.24) is 0 Å². The van der Waals surface area contributed by atoms with Crippen LogP contribution in [0.25, 0.3) is 0 Å². The van der Waals surface area contributed by atoms with Crippen LogP contribution >= 0.6 is 0 Å². The van der Waals surface area contributed by atoms with Crippen molar-refractivity contribution in [3.63, 3.8) is 0 Å². The lowest BCUT2D eigenvalue weighted by molar-refractivity contribution is 0.101. The highest BCUT2D eigenvalue weighted by molar-refractivity contribution is 6.07. The Balaban J connectivity index is 2.38. The van der Waals surface area contributed by atoms with Crippen LogP contribution in [0.15, 0.2) is 34.7 Å². The number of hydrogen-bond acceptors (Lipinski definition) is 3. The number of anilines is 1. The van der Waals surface area contributed by atoms with Gasteiger partial charge in [0, 0.05) is 11.3 Å². The molecule has 1 aromatic carbocycles. The molecule has 0 amide bonds. The van der Waals surface area contributed by atoms with Gasteiger partial charge in [0.15, 0.2) is 5.76 Å². The summed E-state index contributed by atoms with van der Waals surface area (Å²) >= 11 is 0. The molecule has 0 saturated heterocycles. The lowest BCUT2D eigenvalue weighted by Gasteiger charge is -2.02. The molecule has 0 fully saturated rings. The molecule has 2 N–H and O–H groups in total. The van der Waals surface area contributed by atoms with Crippen LogP contribution in [0.1, 0.15) is 27.4 Å². The molecule has 0 aliphatic heterocycles. The summed E-state index contributed by atoms with van der Waals surface area (Å²) in [4.78, 5) is 12.0. The van der Waals surface area contributed by atoms with Crippen LogP contribution in [0.4, 0.5) is 5.69 Å². The van der Waals surface area contributed by atoms with Crippen LogP contribution in [-0.2, 0) is 0 Å². The first kappa shape index (κ1) is 10.5. The number of rotatable bonds is 2. The van der Waals surface area contributed by atoms with Crippen molar-refractivity contribution in [1.29, 1.82) is 0 Å². The van der Waals surface area contributed by atoms with Crippen LogP contribution in [0.2, 0.25) is 0 Å². The topological polar surface area (TPSA) is 56.2 Å². The zero-order chi connectivity index (χ0) is 11.7. The summed E-state index contributed by atoms with van der Waals surface area (Å²) < 4.78 is 5.28. The molecule has 0 saturated carbocycles. The maximum Gasteiger partial charge on any atom is 0.228 e. The maximum atomic E-state index is 12.0. The normalized spacial score (nSPS) is 10.4. The Labute approximate surface area is 93.9 Å². The standard InChI is InChI=1S/C13H13NO2/c1-8-3-5-10(7-11(8)14)13(15)12-6-4-9(2)16-12/h3-7H,14H2,1-2H3. The van der Waals surface area contributed by atoms with Gasteiger partial charge in [0.1, 0.15) is 5.76 Å². The van der Waals surface area contributed by atoms with E-state index in [0.717, 1.165) is 11.3 Å². The van der Waals surface area contributed by atoms with E-state index in [1.807, 2.05) is 13.0 Å². The molecule has 0 radical (unpaired) electrons. The largest absolute Gasteiger partial charge is 0.458 e. The Bertz CT molecular complexity index is 541. The summed E-state index contributed by atoms with van der Waals surface area (Å²) in [6.07, 6.45) is 0. The predicted octanol–water partition coefficient (Wildman–Crippen LogP) is 2.71. The number of hydrogen-bond donors (Lipinski definition) is 1. The number of nitrogen functional groups attached to an aromatic ring is 1. The molecule has 3 nitrogen and oxygen atoms in total. The van der Waals surface area contributed by atoms with Crippen LogP contribution in [0, 0.1) is 13.8 Å². The Morgan fingerprint density at radius 3 is 2.50 bits per heavy atom. The molecule has 3 heteroatoms. The fourth-order valence-electron chi connectivity index (χ4n) is 1.48. The molecular weight excluding hydrogens is 202 g/mol. The number of benzene rings is 1. The van der Waals surface area contributed by atoms with Crippen molar-refractivity contribution < 1.29 is 9.21 Å². The monoisotopic (exact) mass is 215 g/mol. The van der Waals surface area contributed by atoms with Crippen molar-refractivity contribution >= 4 is 11.5 Å². The van der Waals surface area contributed by atoms with Crippen LogP contribution < -0.4 is 5.73 Å². The van der Waals surface area contributed by atoms with Gasteiger partial charge in [-0.05, 0) is 37.6 Å². The van der Waals surface area contributed by atoms with Gasteiger partial charge in [-0.3, -0.25) is 4.79 Å². The summed E-state index contributed by atoms with van der Waals surface area (Å²) in [6.45, 7) is 3.71. The molecule has 0 spiro atoms. The SMILES string of the molecule is Cc1ccc(C(=O)c2ccc(C)c(N)c2)o1. The van der Waals surface area contributed by atoms with Crippen molar-refractivity contribution in [2.75, 3.05) is 5.73 Å². The summed E-state index contributed by atoms with van der Waals surface area (Å²) in [7, 11) is 0. The average Bonchev–Trinajstić information content (AvgIpc) is 2.68. The van der Waals surface area contributed by atoms with Gasteiger partial charge >= 0.3 is 0 Å². The molecule has 2 aromatic rings. The van der Waals surface area contributed by atoms with E-state index in [9.17, 15) is 4.79 Å². The molecule has 0 aliphatic rings. The summed E-state index contributed by atoms with van der Waals surface area (Å²) in [5, 5.41) is 0. The van der Waals surface area contributed by atoms with E-state index in [2.05, 4.69) is 0 Å². The van der Waals surface area contributed by atoms with E-state index < -0.39 is 0 Å². The summed E-state index contributed by atoms with van der Waals surface area (Å²) in [6, 6.07) is 8.71. The van der Waals surface area contributed by atoms with E-state index in [1.165, 1.54) is 0 Å². The molecule has 2 rings (SSSR count). The first-order valence-electron chi connectivity index (χ1n) is 5.05. The number of aryl methyl sites for hydroxylation is 2. The minimum absolute atomic E-state index is 0.139. The number of ketones is 1. The van der Waals surface area contributed by atoms with Gasteiger partial charge in [-0.2, -0.15) is 0 Å². The van der Waals surface area contributed by atoms with E-state index >= 15 is 0 Å². The average molecular weight is 215 g/mol. The van der Waals surface area contributed by atoms with Gasteiger partial charge in [0.2, 0.25) is 5.78 Å². The number of carbonyl (C=O) groups is 1. The van der Waals surface area contributed by atoms with Gasteiger partial charge in [-0.15, -0.1) is 0 Å². The fraction of sp³-hybridized carbons (Fsp3) is 0.154. The molecule has 1 aromatic heterocycles. The second kappa shape index (κ2) is 3.85. The number of nitrogens with two attached hydrogens (primary N) is 1. The van der Waals surface area contributed by atoms with Crippen LogP contribution in [-0.4, -0.2) is 5.78 Å². The first-order chi connectivity index (χ1) is 7.58. The van der Waals surface area contributed by atoms with Crippen molar-refractivity contribution in [3.8, 4) is 0 Å². The van der Waals surface area contributed by atoms with Crippen LogP contribution in [0.5, 0.6) is 0 Å². The Kier molecular flexibility index (Phi) is 2.52. The third-order valence-corrected chi connectivity index (χ3v) is 2.51. The molecule has 16 heavy (non-hydrogen) atoms. The summed E-state index contributed by atoms with van der Waals surface area (Å²) in [5.41, 5.74) is 7.90. The molecule has 1 heterocycles. The highest BCUT2D eigenvalue weighted by Crippen LogP contribution is 2.17. The Morgan fingerprint density at radius 2 is 1.94 bits per heavy atom. The lowest BCUT2D eigenvalue weighted by atomic mass is 10.1. The lowest BCUT2D eigenvalue weighted by Crippen LogP contribution is -2.01. The predicted molar refractivity (Wildman–Crippen MR) is 62.5 cm³/mol. The zero-order valence-electron chi connectivity index (χ0n) is 9.28. The molecule has 0 bridgehead atoms. The van der Waals surface area contributed by atoms with Crippen LogP contribution in [0.3, 0.4) is 0 Å². The molecular formula is C13H13NO2. The highest BCUT2D eigenvalue weighted by Gasteiger charge is 2.13. The van der Waals surface area contributed by atoms with E-state index in [0.29, 0.717) is 17.0 Å². The van der Waals surface area contributed by atoms with Gasteiger partial charge in [-0.25, -0.2) is 0 Å². The minimum atomic E-state index is -0.139. The number of furan rings is 1. The quantitative estimate of drug-likeness (QED) is 0.619. The third-order valence-electron chi connectivity index (χ3n) is 2.51. The van der Waals surface area contributed by atoms with E-state index in [1.54, 1.807) is 31.2 Å². The Morgan fingerprint density at radius 1 is 1.19 bits per heavy atom. The molecule has 0 atom stereocenters. The zero-order valence-corrected chi connectivity index (χ0v) is 9.28. The van der Waals surface area contributed by atoms with Gasteiger partial charge < -0.3 is 10.2 Å². The maximum absolute atomic E-state index is 12.0. The van der Waals surface area contributed by atoms with Crippen molar-refractivity contribution in [2.24, 2.45) is 0 Å². The molecule has 0 unspecified atom stereocenters. The van der Waals surface area contributed by atoms with Crippen molar-refractivity contribution in [3.05, 3.63) is 53.0 Å². The molecule has 82 valence electrons. The van der Waals surface area contributed by atoms with Crippen molar-refractivity contribution in [2.45, 2.75) is 13.8 Å². The smallest absolute Gasteiger partial charge is 0.228 e. The molecule has 0 aliphatic carbocycles. The number of carbonyl (C=O) groups excluding carboxylic acids is 1. The second-order valence-corrected chi connectivity index (χ2v) is 3.81. The fourth-order valence-corrected chi connectivity index (χ4v) is 1.48. The van der Waals surface area contributed by atoms with Gasteiger partial charge in [0.05, 0.1) is 0 Å². The van der Waals surface area contributed by atoms with E-state index in [-0.39, 0.29) is 5.78 Å². The Hall–Kier alpha value is -2.03. The summed E-state index contributed by atoms with van der Waals surface area (Å²) in [5.74, 6) is 0.934. The minimum Gasteiger partial charge on any atom is -0.458 e. The third kappa shape index (κ3) is 1.84. The highest BCUT2D eigenvalue weighted by atomic mass is 16.3.